The predicted molar refractivity (Wildman–Crippen MR) is 90.3 cm³/mol. The highest BCUT2D eigenvalue weighted by atomic mass is 32.5. The van der Waals surface area contributed by atoms with Gasteiger partial charge in [-0.1, -0.05) is 19.4 Å². The minimum Gasteiger partial charge on any atom is -0.370 e. The van der Waals surface area contributed by atoms with Crippen LogP contribution in [0.2, 0.25) is 0 Å². The second kappa shape index (κ2) is 6.63. The Morgan fingerprint density at radius 1 is 1.21 bits per heavy atom. The number of nitroso groups, excluding NO2 is 1. The van der Waals surface area contributed by atoms with Crippen LogP contribution in [0, 0.1) is 4.91 Å². The molecule has 1 aromatic carbocycles. The third-order valence-corrected chi connectivity index (χ3v) is 5.22. The van der Waals surface area contributed by atoms with Crippen LogP contribution >= 0.6 is 10.2 Å². The first-order valence-electron chi connectivity index (χ1n) is 7.84. The second-order valence-electron chi connectivity index (χ2n) is 6.07. The first-order chi connectivity index (χ1) is 12.7. The first kappa shape index (κ1) is 22.0. The Balaban J connectivity index is 2.26. The lowest BCUT2D eigenvalue weighted by molar-refractivity contribution is -0.141. The third-order valence-electron chi connectivity index (χ3n) is 4.06. The number of nitrogens with zero attached hydrogens (tertiary/aromatic N) is 1. The Bertz CT molecular complexity index is 784. The molecule has 1 heterocycles. The number of nitrogens with one attached hydrogen (secondary N) is 3. The molecular weight excluding hydrogens is 415 g/mol. The standard InChI is InChI=1S/C14H17F5N4O4S/c1-2-27-14(7-20-8-14)11(13(25)22-23-26)21-12(24)9-3-5-10(6-4-9)28(15,16,17,18)19/h3-6,11,20H,2,7-8H2,1H3,(H,21,24)(H,22,25,26). The van der Waals surface area contributed by atoms with Gasteiger partial charge in [0.25, 0.3) is 11.8 Å². The summed E-state index contributed by atoms with van der Waals surface area (Å²) in [6.07, 6.45) is 0. The molecule has 0 aromatic heterocycles. The summed E-state index contributed by atoms with van der Waals surface area (Å²) in [5.41, 5.74) is 0.0316. The molecule has 1 saturated heterocycles. The van der Waals surface area contributed by atoms with Gasteiger partial charge in [-0.15, -0.1) is 4.91 Å². The fourth-order valence-corrected chi connectivity index (χ4v) is 3.32. The zero-order valence-electron chi connectivity index (χ0n) is 14.4. The van der Waals surface area contributed by atoms with Gasteiger partial charge in [-0.25, -0.2) is 5.43 Å². The lowest BCUT2D eigenvalue weighted by Gasteiger charge is -2.46. The van der Waals surface area contributed by atoms with Gasteiger partial charge < -0.3 is 15.4 Å². The van der Waals surface area contributed by atoms with Crippen molar-refractivity contribution < 1.29 is 33.8 Å². The molecule has 1 aliphatic heterocycles. The van der Waals surface area contributed by atoms with Gasteiger partial charge in [-0.2, -0.15) is 0 Å². The van der Waals surface area contributed by atoms with E-state index < -0.39 is 44.1 Å². The monoisotopic (exact) mass is 432 g/mol. The Morgan fingerprint density at radius 3 is 2.18 bits per heavy atom. The molecule has 1 aromatic rings. The van der Waals surface area contributed by atoms with E-state index in [1.165, 1.54) is 0 Å². The summed E-state index contributed by atoms with van der Waals surface area (Å²) in [5, 5.41) is 7.33. The SMILES string of the molecule is CCOC1(C(NC(=O)c2ccc(S(F)(F)(F)(F)F)cc2)C(=O)NN=O)CNC1. The largest absolute Gasteiger partial charge is 0.370 e. The van der Waals surface area contributed by atoms with Crippen LogP contribution in [0.4, 0.5) is 19.4 Å². The molecule has 2 rings (SSSR count). The number of carbonyl (C=O) groups excluding carboxylic acids is 2. The molecule has 28 heavy (non-hydrogen) atoms. The van der Waals surface area contributed by atoms with E-state index in [-0.39, 0.29) is 31.8 Å². The number of ether oxygens (including phenoxy) is 1. The fraction of sp³-hybridized carbons (Fsp3) is 0.429. The van der Waals surface area contributed by atoms with Gasteiger partial charge >= 0.3 is 10.2 Å². The summed E-state index contributed by atoms with van der Waals surface area (Å²) >= 11 is 0. The summed E-state index contributed by atoms with van der Waals surface area (Å²) in [6.45, 7) is 2.07. The fourth-order valence-electron chi connectivity index (χ4n) is 2.67. The number of amides is 2. The third kappa shape index (κ3) is 4.74. The summed E-state index contributed by atoms with van der Waals surface area (Å²) < 4.78 is 69.3. The maximum Gasteiger partial charge on any atom is 0.310 e. The van der Waals surface area contributed by atoms with Crippen molar-refractivity contribution in [2.45, 2.75) is 23.5 Å². The number of hydrogen-bond donors (Lipinski definition) is 3. The van der Waals surface area contributed by atoms with E-state index >= 15 is 0 Å². The van der Waals surface area contributed by atoms with Gasteiger partial charge in [0.1, 0.15) is 16.5 Å². The molecule has 8 nitrogen and oxygen atoms in total. The van der Waals surface area contributed by atoms with E-state index in [2.05, 4.69) is 15.9 Å². The summed E-state index contributed by atoms with van der Waals surface area (Å²) in [6, 6.07) is -0.123. The van der Waals surface area contributed by atoms with E-state index in [9.17, 15) is 33.9 Å². The van der Waals surface area contributed by atoms with Crippen molar-refractivity contribution in [1.29, 1.82) is 0 Å². The van der Waals surface area contributed by atoms with Gasteiger partial charge in [0.15, 0.2) is 0 Å². The topological polar surface area (TPSA) is 109 Å². The number of benzene rings is 1. The molecule has 14 heteroatoms. The maximum absolute atomic E-state index is 12.8. The van der Waals surface area contributed by atoms with E-state index in [0.29, 0.717) is 12.1 Å². The van der Waals surface area contributed by atoms with Crippen LogP contribution in [0.15, 0.2) is 34.4 Å². The molecule has 1 aliphatic rings. The molecule has 1 atom stereocenters. The van der Waals surface area contributed by atoms with E-state index in [1.54, 1.807) is 12.3 Å². The molecule has 1 unspecified atom stereocenters. The molecule has 1 fully saturated rings. The minimum absolute atomic E-state index is 0.0851. The predicted octanol–water partition coefficient (Wildman–Crippen LogP) is 2.62. The van der Waals surface area contributed by atoms with Crippen LogP contribution in [0.25, 0.3) is 0 Å². The number of carbonyl (C=O) groups is 2. The Morgan fingerprint density at radius 2 is 1.79 bits per heavy atom. The number of hydrogen-bond acceptors (Lipinski definition) is 6. The van der Waals surface area contributed by atoms with Crippen molar-refractivity contribution in [1.82, 2.24) is 16.1 Å². The van der Waals surface area contributed by atoms with Crippen LogP contribution in [0.3, 0.4) is 0 Å². The normalized spacial score (nSPS) is 19.4. The molecule has 3 N–H and O–H groups in total. The zero-order valence-corrected chi connectivity index (χ0v) is 15.2. The average molecular weight is 432 g/mol. The summed E-state index contributed by atoms with van der Waals surface area (Å²) in [7, 11) is -9.87. The van der Waals surface area contributed by atoms with Crippen LogP contribution < -0.4 is 16.1 Å². The van der Waals surface area contributed by atoms with E-state index in [0.717, 1.165) is 0 Å². The van der Waals surface area contributed by atoms with Crippen molar-refractivity contribution in [3.8, 4) is 0 Å². The number of rotatable bonds is 8. The first-order valence-corrected chi connectivity index (χ1v) is 9.79. The van der Waals surface area contributed by atoms with Crippen molar-refractivity contribution in [2.24, 2.45) is 5.29 Å². The lowest BCUT2D eigenvalue weighted by atomic mass is 9.86. The quantitative estimate of drug-likeness (QED) is 0.333. The molecule has 2 amide bonds. The van der Waals surface area contributed by atoms with E-state index in [4.69, 9.17) is 4.74 Å². The van der Waals surface area contributed by atoms with Crippen molar-refractivity contribution in [3.63, 3.8) is 0 Å². The highest BCUT2D eigenvalue weighted by Gasteiger charge is 2.65. The van der Waals surface area contributed by atoms with Crippen LogP contribution in [0.5, 0.6) is 0 Å². The summed E-state index contributed by atoms with van der Waals surface area (Å²) in [4.78, 5) is 32.6. The number of halogens is 5. The van der Waals surface area contributed by atoms with Crippen LogP contribution in [0.1, 0.15) is 17.3 Å². The Labute approximate surface area is 155 Å². The Hall–Kier alpha value is -2.32. The molecule has 0 radical (unpaired) electrons. The van der Waals surface area contributed by atoms with Gasteiger partial charge in [-0.3, -0.25) is 9.59 Å². The highest BCUT2D eigenvalue weighted by Crippen LogP contribution is 3.02. The molecule has 0 bridgehead atoms. The second-order valence-corrected chi connectivity index (χ2v) is 8.48. The molecule has 0 aliphatic carbocycles. The maximum atomic E-state index is 12.8. The van der Waals surface area contributed by atoms with Crippen molar-refractivity contribution in [2.75, 3.05) is 19.7 Å². The van der Waals surface area contributed by atoms with Gasteiger partial charge in [0.05, 0.1) is 5.29 Å². The van der Waals surface area contributed by atoms with Gasteiger partial charge in [-0.05, 0) is 31.2 Å². The Kier molecular flexibility index (Phi) is 5.20. The minimum atomic E-state index is -9.87. The van der Waals surface area contributed by atoms with Crippen molar-refractivity contribution >= 4 is 22.0 Å². The lowest BCUT2D eigenvalue weighted by Crippen LogP contribution is -2.74. The average Bonchev–Trinajstić information content (AvgIpc) is 2.54. The van der Waals surface area contributed by atoms with E-state index in [1.807, 2.05) is 0 Å². The molecule has 0 spiro atoms. The zero-order chi connectivity index (χ0) is 21.3. The molecule has 158 valence electrons. The van der Waals surface area contributed by atoms with Crippen LogP contribution in [-0.4, -0.2) is 43.2 Å². The highest BCUT2D eigenvalue weighted by molar-refractivity contribution is 8.45. The van der Waals surface area contributed by atoms with Crippen LogP contribution in [-0.2, 0) is 9.53 Å². The smallest absolute Gasteiger partial charge is 0.310 e. The molecular formula is C14H17F5N4O4S. The van der Waals surface area contributed by atoms with Crippen molar-refractivity contribution in [3.05, 3.63) is 34.7 Å². The van der Waals surface area contributed by atoms with Gasteiger partial charge in [0.2, 0.25) is 0 Å². The molecule has 0 saturated carbocycles. The van der Waals surface area contributed by atoms with Gasteiger partial charge in [0, 0.05) is 25.3 Å². The summed E-state index contributed by atoms with van der Waals surface area (Å²) in [5.74, 6) is -2.02.